The first-order valence-electron chi connectivity index (χ1n) is 9.39. The monoisotopic (exact) mass is 388 g/mol. The van der Waals surface area contributed by atoms with Crippen LogP contribution in [0.1, 0.15) is 45.9 Å². The molecule has 0 bridgehead atoms. The van der Waals surface area contributed by atoms with Crippen molar-refractivity contribution in [1.29, 1.82) is 0 Å². The van der Waals surface area contributed by atoms with Crippen molar-refractivity contribution >= 4 is 17.7 Å². The van der Waals surface area contributed by atoms with E-state index >= 15 is 0 Å². The minimum absolute atomic E-state index is 0.0298. The van der Waals surface area contributed by atoms with E-state index in [2.05, 4.69) is 15.3 Å². The molecular weight excluding hydrogens is 368 g/mol. The number of nitrogens with one attached hydrogen (secondary N) is 2. The number of imide groups is 1. The van der Waals surface area contributed by atoms with Crippen molar-refractivity contribution < 1.29 is 14.4 Å². The van der Waals surface area contributed by atoms with Gasteiger partial charge in [-0.3, -0.25) is 19.3 Å². The van der Waals surface area contributed by atoms with Crippen LogP contribution in [0.3, 0.4) is 0 Å². The van der Waals surface area contributed by atoms with E-state index in [1.807, 2.05) is 37.3 Å². The topological polar surface area (TPSA) is 95.2 Å². The predicted molar refractivity (Wildman–Crippen MR) is 107 cm³/mol. The molecule has 3 amide bonds. The Bertz CT molecular complexity index is 1040. The molecule has 4 rings (SSSR count). The number of amides is 3. The van der Waals surface area contributed by atoms with E-state index in [1.165, 1.54) is 0 Å². The summed E-state index contributed by atoms with van der Waals surface area (Å²) in [5.41, 5.74) is 2.65. The molecule has 1 aliphatic heterocycles. The minimum Gasteiger partial charge on any atom is -0.346 e. The standard InChI is InChI=1S/C22H20N4O3/c1-14(20-23-13-18(25-20)15-7-3-2-4-8-15)24-19(27)11-12-26-21(28)16-9-5-6-10-17(16)22(26)29/h2-10,13-14H,11-12H2,1H3,(H,23,25)(H,24,27). The third kappa shape index (κ3) is 3.67. The van der Waals surface area contributed by atoms with Gasteiger partial charge in [-0.1, -0.05) is 42.5 Å². The molecule has 3 aromatic rings. The number of aromatic amines is 1. The van der Waals surface area contributed by atoms with Gasteiger partial charge in [-0.2, -0.15) is 0 Å². The second-order valence-electron chi connectivity index (χ2n) is 6.89. The lowest BCUT2D eigenvalue weighted by atomic mass is 10.1. The number of aromatic nitrogens is 2. The Morgan fingerprint density at radius 2 is 1.66 bits per heavy atom. The highest BCUT2D eigenvalue weighted by Gasteiger charge is 2.35. The first kappa shape index (κ1) is 18.6. The van der Waals surface area contributed by atoms with E-state index in [-0.39, 0.29) is 36.7 Å². The molecule has 0 radical (unpaired) electrons. The van der Waals surface area contributed by atoms with Gasteiger partial charge in [-0.05, 0) is 24.6 Å². The van der Waals surface area contributed by atoms with E-state index in [9.17, 15) is 14.4 Å². The van der Waals surface area contributed by atoms with Crippen LogP contribution in [0.25, 0.3) is 11.3 Å². The van der Waals surface area contributed by atoms with E-state index in [0.717, 1.165) is 16.2 Å². The Labute approximate surface area is 167 Å². The maximum absolute atomic E-state index is 12.4. The van der Waals surface area contributed by atoms with Crippen LogP contribution in [-0.4, -0.2) is 39.1 Å². The van der Waals surface area contributed by atoms with Crippen molar-refractivity contribution in [1.82, 2.24) is 20.2 Å². The van der Waals surface area contributed by atoms with Gasteiger partial charge in [0.2, 0.25) is 5.91 Å². The SMILES string of the molecule is CC(NC(=O)CCN1C(=O)c2ccccc2C1=O)c1ncc(-c2ccccc2)[nH]1. The number of nitrogens with zero attached hydrogens (tertiary/aromatic N) is 2. The molecule has 0 fully saturated rings. The fraction of sp³-hybridized carbons (Fsp3) is 0.182. The molecular formula is C22H20N4O3. The Morgan fingerprint density at radius 3 is 2.31 bits per heavy atom. The summed E-state index contributed by atoms with van der Waals surface area (Å²) in [6, 6.07) is 16.1. The average molecular weight is 388 g/mol. The molecule has 29 heavy (non-hydrogen) atoms. The molecule has 0 aliphatic carbocycles. The van der Waals surface area contributed by atoms with Gasteiger partial charge in [0.25, 0.3) is 11.8 Å². The second-order valence-corrected chi connectivity index (χ2v) is 6.89. The van der Waals surface area contributed by atoms with E-state index in [1.54, 1.807) is 30.5 Å². The van der Waals surface area contributed by atoms with Crippen LogP contribution < -0.4 is 5.32 Å². The molecule has 2 N–H and O–H groups in total. The van der Waals surface area contributed by atoms with Crippen molar-refractivity contribution in [2.75, 3.05) is 6.54 Å². The quantitative estimate of drug-likeness (QED) is 0.635. The molecule has 1 atom stereocenters. The Hall–Kier alpha value is -3.74. The van der Waals surface area contributed by atoms with Gasteiger partial charge in [-0.15, -0.1) is 0 Å². The maximum atomic E-state index is 12.4. The number of imidazole rings is 1. The third-order valence-corrected chi connectivity index (χ3v) is 4.91. The zero-order chi connectivity index (χ0) is 20.4. The lowest BCUT2D eigenvalue weighted by Crippen LogP contribution is -2.35. The van der Waals surface area contributed by atoms with E-state index < -0.39 is 0 Å². The van der Waals surface area contributed by atoms with Gasteiger partial charge in [0.1, 0.15) is 5.82 Å². The summed E-state index contributed by atoms with van der Waals surface area (Å²) in [4.78, 5) is 45.7. The van der Waals surface area contributed by atoms with Gasteiger partial charge in [0.05, 0.1) is 29.1 Å². The molecule has 7 heteroatoms. The van der Waals surface area contributed by atoms with Gasteiger partial charge < -0.3 is 10.3 Å². The van der Waals surface area contributed by atoms with Crippen molar-refractivity contribution in [3.8, 4) is 11.3 Å². The minimum atomic E-state index is -0.356. The number of carbonyl (C=O) groups is 3. The van der Waals surface area contributed by atoms with Crippen molar-refractivity contribution in [2.45, 2.75) is 19.4 Å². The van der Waals surface area contributed by atoms with Crippen molar-refractivity contribution in [3.63, 3.8) is 0 Å². The number of benzene rings is 2. The zero-order valence-electron chi connectivity index (χ0n) is 15.9. The summed E-state index contributed by atoms with van der Waals surface area (Å²) in [6.07, 6.45) is 1.76. The van der Waals surface area contributed by atoms with Crippen LogP contribution in [0.5, 0.6) is 0 Å². The fourth-order valence-corrected chi connectivity index (χ4v) is 3.36. The van der Waals surface area contributed by atoms with E-state index in [4.69, 9.17) is 0 Å². The largest absolute Gasteiger partial charge is 0.346 e. The van der Waals surface area contributed by atoms with Gasteiger partial charge in [0, 0.05) is 13.0 Å². The number of fused-ring (bicyclic) bond motifs is 1. The maximum Gasteiger partial charge on any atom is 0.261 e. The molecule has 1 aliphatic rings. The molecule has 146 valence electrons. The molecule has 7 nitrogen and oxygen atoms in total. The van der Waals surface area contributed by atoms with E-state index in [0.29, 0.717) is 17.0 Å². The van der Waals surface area contributed by atoms with Crippen LogP contribution in [0.2, 0.25) is 0 Å². The van der Waals surface area contributed by atoms with Crippen LogP contribution in [0, 0.1) is 0 Å². The number of carbonyl (C=O) groups excluding carboxylic acids is 3. The Kier molecular flexibility index (Phi) is 4.95. The summed E-state index contributed by atoms with van der Waals surface area (Å²) in [6.45, 7) is 1.87. The number of hydrogen-bond donors (Lipinski definition) is 2. The summed E-state index contributed by atoms with van der Waals surface area (Å²) in [7, 11) is 0. The van der Waals surface area contributed by atoms with Gasteiger partial charge in [-0.25, -0.2) is 4.98 Å². The van der Waals surface area contributed by atoms with Crippen molar-refractivity contribution in [2.24, 2.45) is 0 Å². The smallest absolute Gasteiger partial charge is 0.261 e. The molecule has 1 aromatic heterocycles. The molecule has 0 saturated heterocycles. The molecule has 0 spiro atoms. The summed E-state index contributed by atoms with van der Waals surface area (Å²) >= 11 is 0. The number of hydrogen-bond acceptors (Lipinski definition) is 4. The summed E-state index contributed by atoms with van der Waals surface area (Å²) < 4.78 is 0. The highest BCUT2D eigenvalue weighted by molar-refractivity contribution is 6.21. The molecule has 0 saturated carbocycles. The van der Waals surface area contributed by atoms with Crippen LogP contribution in [0.4, 0.5) is 0 Å². The lowest BCUT2D eigenvalue weighted by molar-refractivity contribution is -0.121. The predicted octanol–water partition coefficient (Wildman–Crippen LogP) is 2.94. The summed E-state index contributed by atoms with van der Waals surface area (Å²) in [5.74, 6) is -0.334. The fourth-order valence-electron chi connectivity index (χ4n) is 3.36. The van der Waals surface area contributed by atoms with Gasteiger partial charge in [0.15, 0.2) is 0 Å². The highest BCUT2D eigenvalue weighted by atomic mass is 16.2. The number of H-pyrrole nitrogens is 1. The first-order chi connectivity index (χ1) is 14.0. The normalized spacial score (nSPS) is 14.0. The zero-order valence-corrected chi connectivity index (χ0v) is 15.9. The number of rotatable bonds is 6. The lowest BCUT2D eigenvalue weighted by Gasteiger charge is -2.15. The van der Waals surface area contributed by atoms with Crippen molar-refractivity contribution in [3.05, 3.63) is 77.7 Å². The second kappa shape index (κ2) is 7.71. The molecule has 2 aromatic carbocycles. The molecule has 2 heterocycles. The average Bonchev–Trinajstić information content (AvgIpc) is 3.32. The van der Waals surface area contributed by atoms with Crippen LogP contribution >= 0.6 is 0 Å². The van der Waals surface area contributed by atoms with Crippen LogP contribution in [0.15, 0.2) is 60.8 Å². The molecule has 1 unspecified atom stereocenters. The van der Waals surface area contributed by atoms with Crippen LogP contribution in [-0.2, 0) is 4.79 Å². The highest BCUT2D eigenvalue weighted by Crippen LogP contribution is 2.23. The van der Waals surface area contributed by atoms with Gasteiger partial charge >= 0.3 is 0 Å². The Morgan fingerprint density at radius 1 is 1.03 bits per heavy atom. The summed E-state index contributed by atoms with van der Waals surface area (Å²) in [5, 5.41) is 2.85. The first-order valence-corrected chi connectivity index (χ1v) is 9.39. The third-order valence-electron chi connectivity index (χ3n) is 4.91. The Balaban J connectivity index is 1.34.